The molecule has 0 bridgehead atoms. The Morgan fingerprint density at radius 3 is 2.43 bits per heavy atom. The molecule has 1 atom stereocenters. The third-order valence-electron chi connectivity index (χ3n) is 7.59. The van der Waals surface area contributed by atoms with Crippen molar-refractivity contribution < 1.29 is 4.79 Å². The van der Waals surface area contributed by atoms with E-state index in [9.17, 15) is 9.59 Å². The molecule has 11 nitrogen and oxygen atoms in total. The predicted octanol–water partition coefficient (Wildman–Crippen LogP) is 4.07. The van der Waals surface area contributed by atoms with Crippen LogP contribution in [0.3, 0.4) is 0 Å². The van der Waals surface area contributed by atoms with Gasteiger partial charge in [-0.1, -0.05) is 50.0 Å². The van der Waals surface area contributed by atoms with Crippen LogP contribution in [0.4, 0.5) is 5.82 Å². The number of nitrogens with two attached hydrogens (primary N) is 1. The smallest absolute Gasteiger partial charge is 0.267 e. The minimum atomic E-state index is -0.699. The van der Waals surface area contributed by atoms with Gasteiger partial charge in [-0.05, 0) is 50.1 Å². The van der Waals surface area contributed by atoms with Crippen LogP contribution in [0.2, 0.25) is 0 Å². The van der Waals surface area contributed by atoms with Gasteiger partial charge in [0.25, 0.3) is 11.5 Å². The predicted molar refractivity (Wildman–Crippen MR) is 169 cm³/mol. The summed E-state index contributed by atoms with van der Waals surface area (Å²) >= 11 is 0. The zero-order valence-corrected chi connectivity index (χ0v) is 25.0. The van der Waals surface area contributed by atoms with E-state index in [1.807, 2.05) is 70.3 Å². The van der Waals surface area contributed by atoms with Crippen molar-refractivity contribution in [3.8, 4) is 17.5 Å². The first kappa shape index (κ1) is 28.4. The topological polar surface area (TPSA) is 138 Å². The molecule has 0 aliphatic heterocycles. The van der Waals surface area contributed by atoms with Crippen LogP contribution in [0, 0.1) is 18.8 Å². The molecule has 0 spiro atoms. The summed E-state index contributed by atoms with van der Waals surface area (Å²) in [4.78, 5) is 37.5. The molecule has 0 aliphatic rings. The fourth-order valence-corrected chi connectivity index (χ4v) is 5.06. The average Bonchev–Trinajstić information content (AvgIpc) is 3.52. The van der Waals surface area contributed by atoms with Gasteiger partial charge in [-0.3, -0.25) is 18.8 Å². The van der Waals surface area contributed by atoms with Gasteiger partial charge in [0.15, 0.2) is 11.5 Å². The van der Waals surface area contributed by atoms with Gasteiger partial charge in [-0.25, -0.2) is 14.5 Å². The van der Waals surface area contributed by atoms with Gasteiger partial charge in [0, 0.05) is 24.5 Å². The number of rotatable bonds is 5. The van der Waals surface area contributed by atoms with Crippen molar-refractivity contribution in [3.05, 3.63) is 111 Å². The lowest BCUT2D eigenvalue weighted by molar-refractivity contribution is 0.0940. The van der Waals surface area contributed by atoms with Crippen LogP contribution in [-0.2, 0) is 7.05 Å². The van der Waals surface area contributed by atoms with Gasteiger partial charge >= 0.3 is 0 Å². The lowest BCUT2D eigenvalue weighted by Crippen LogP contribution is -2.33. The summed E-state index contributed by atoms with van der Waals surface area (Å²) in [6, 6.07) is 15.7. The number of carbonyl (C=O) groups excluding carboxylic acids is 1. The molecule has 0 radical (unpaired) electrons. The molecule has 11 heteroatoms. The summed E-state index contributed by atoms with van der Waals surface area (Å²) in [5.41, 5.74) is 10.5. The van der Waals surface area contributed by atoms with Crippen LogP contribution in [0.25, 0.3) is 22.2 Å². The minimum absolute atomic E-state index is 0.0575. The molecule has 0 unspecified atom stereocenters. The largest absolute Gasteiger partial charge is 0.381 e. The highest BCUT2D eigenvalue weighted by molar-refractivity contribution is 6.04. The van der Waals surface area contributed by atoms with E-state index in [0.29, 0.717) is 33.6 Å². The molecule has 4 aromatic heterocycles. The standard InChI is InChI=1S/C33H31N9O2/c1-19(2)25-16-17-41-31(37-25)28(29(34)39-41)32(43)36-20(3)30-38-26-13-9-10-22(14-15-23-18-35-40(5)21(23)4)27(26)33(44)42(30)24-11-7-6-8-12-24/h6-13,16-20H,1-5H3,(H2,34,39)(H,36,43)/t20-/m0/s1. The van der Waals surface area contributed by atoms with Crippen LogP contribution in [0.1, 0.15) is 71.4 Å². The molecule has 4 heterocycles. The van der Waals surface area contributed by atoms with Crippen molar-refractivity contribution in [2.24, 2.45) is 7.05 Å². The van der Waals surface area contributed by atoms with E-state index in [2.05, 4.69) is 32.3 Å². The van der Waals surface area contributed by atoms with Crippen molar-refractivity contribution >= 4 is 28.3 Å². The van der Waals surface area contributed by atoms with E-state index in [1.54, 1.807) is 36.1 Å². The molecule has 0 aliphatic carbocycles. The third-order valence-corrected chi connectivity index (χ3v) is 7.59. The number of aryl methyl sites for hydroxylation is 1. The van der Waals surface area contributed by atoms with Crippen molar-refractivity contribution in [3.63, 3.8) is 0 Å². The number of nitrogen functional groups attached to an aromatic ring is 1. The Hall–Kier alpha value is -5.76. The maximum absolute atomic E-state index is 14.3. The highest BCUT2D eigenvalue weighted by Gasteiger charge is 2.25. The van der Waals surface area contributed by atoms with E-state index >= 15 is 0 Å². The lowest BCUT2D eigenvalue weighted by atomic mass is 10.1. The summed E-state index contributed by atoms with van der Waals surface area (Å²) in [6.07, 6.45) is 3.44. The number of nitrogens with one attached hydrogen (secondary N) is 1. The van der Waals surface area contributed by atoms with Crippen LogP contribution in [-0.4, -0.2) is 39.8 Å². The molecule has 1 amide bonds. The second kappa shape index (κ2) is 11.1. The van der Waals surface area contributed by atoms with Crippen LogP contribution in [0.15, 0.2) is 71.8 Å². The Balaban J connectivity index is 1.46. The molecule has 0 saturated heterocycles. The zero-order valence-electron chi connectivity index (χ0n) is 25.0. The molecule has 2 aromatic carbocycles. The number of hydrogen-bond acceptors (Lipinski definition) is 7. The maximum Gasteiger partial charge on any atom is 0.267 e. The number of hydrogen-bond donors (Lipinski definition) is 2. The minimum Gasteiger partial charge on any atom is -0.381 e. The van der Waals surface area contributed by atoms with Crippen LogP contribution >= 0.6 is 0 Å². The Labute approximate surface area is 253 Å². The number of para-hydroxylation sites is 1. The van der Waals surface area contributed by atoms with Gasteiger partial charge in [0.2, 0.25) is 0 Å². The number of amides is 1. The van der Waals surface area contributed by atoms with Crippen molar-refractivity contribution in [1.29, 1.82) is 0 Å². The summed E-state index contributed by atoms with van der Waals surface area (Å²) < 4.78 is 4.76. The summed E-state index contributed by atoms with van der Waals surface area (Å²) in [6.45, 7) is 7.75. The average molecular weight is 586 g/mol. The Kier molecular flexibility index (Phi) is 7.19. The number of nitrogens with zero attached hydrogens (tertiary/aromatic N) is 7. The Bertz CT molecular complexity index is 2180. The second-order valence-electron chi connectivity index (χ2n) is 10.9. The first-order chi connectivity index (χ1) is 21.1. The van der Waals surface area contributed by atoms with Gasteiger partial charge in [0.1, 0.15) is 11.4 Å². The fourth-order valence-electron chi connectivity index (χ4n) is 5.06. The summed E-state index contributed by atoms with van der Waals surface area (Å²) in [5, 5.41) is 11.9. The third kappa shape index (κ3) is 4.96. The van der Waals surface area contributed by atoms with Gasteiger partial charge < -0.3 is 11.1 Å². The number of anilines is 1. The number of benzene rings is 2. The van der Waals surface area contributed by atoms with E-state index in [-0.39, 0.29) is 22.9 Å². The monoisotopic (exact) mass is 585 g/mol. The van der Waals surface area contributed by atoms with Gasteiger partial charge in [0.05, 0.1) is 40.1 Å². The zero-order chi connectivity index (χ0) is 31.1. The van der Waals surface area contributed by atoms with Crippen molar-refractivity contribution in [2.45, 2.75) is 39.7 Å². The van der Waals surface area contributed by atoms with Crippen molar-refractivity contribution in [1.82, 2.24) is 39.2 Å². The highest BCUT2D eigenvalue weighted by Crippen LogP contribution is 2.23. The summed E-state index contributed by atoms with van der Waals surface area (Å²) in [5.74, 6) is 6.38. The molecular weight excluding hydrogens is 554 g/mol. The van der Waals surface area contributed by atoms with Crippen LogP contribution in [0.5, 0.6) is 0 Å². The van der Waals surface area contributed by atoms with E-state index in [4.69, 9.17) is 10.7 Å². The summed E-state index contributed by atoms with van der Waals surface area (Å²) in [7, 11) is 1.85. The molecule has 6 aromatic rings. The second-order valence-corrected chi connectivity index (χ2v) is 10.9. The number of aromatic nitrogens is 7. The molecule has 3 N–H and O–H groups in total. The molecule has 6 rings (SSSR count). The van der Waals surface area contributed by atoms with Gasteiger partial charge in [-0.15, -0.1) is 5.10 Å². The van der Waals surface area contributed by atoms with E-state index < -0.39 is 11.9 Å². The molecule has 44 heavy (non-hydrogen) atoms. The Morgan fingerprint density at radius 2 is 1.73 bits per heavy atom. The van der Waals surface area contributed by atoms with E-state index in [1.165, 1.54) is 9.08 Å². The normalized spacial score (nSPS) is 12.0. The first-order valence-corrected chi connectivity index (χ1v) is 14.2. The maximum atomic E-state index is 14.3. The first-order valence-electron chi connectivity index (χ1n) is 14.2. The van der Waals surface area contributed by atoms with Crippen molar-refractivity contribution in [2.75, 3.05) is 5.73 Å². The number of fused-ring (bicyclic) bond motifs is 2. The Morgan fingerprint density at radius 1 is 0.977 bits per heavy atom. The molecule has 0 saturated carbocycles. The van der Waals surface area contributed by atoms with Crippen LogP contribution < -0.4 is 16.6 Å². The lowest BCUT2D eigenvalue weighted by Gasteiger charge is -2.20. The van der Waals surface area contributed by atoms with E-state index in [0.717, 1.165) is 17.0 Å². The highest BCUT2D eigenvalue weighted by atomic mass is 16.2. The van der Waals surface area contributed by atoms with Gasteiger partial charge in [-0.2, -0.15) is 5.10 Å². The quantitative estimate of drug-likeness (QED) is 0.291. The molecular formula is C33H31N9O2. The SMILES string of the molecule is Cc1c(C#Cc2cccc3nc([C@H](C)NC(=O)c4c(N)nn5ccc(C(C)C)nc45)n(-c4ccccc4)c(=O)c23)cnn1C. The number of carbonyl (C=O) groups is 1. The fraction of sp³-hybridized carbons (Fsp3) is 0.212. The molecule has 220 valence electrons. The molecule has 0 fully saturated rings.